The van der Waals surface area contributed by atoms with Crippen LogP contribution in [-0.2, 0) is 0 Å². The van der Waals surface area contributed by atoms with Crippen LogP contribution >= 0.6 is 11.3 Å². The molecule has 0 unspecified atom stereocenters. The molecule has 3 heterocycles. The number of piperazine rings is 1. The van der Waals surface area contributed by atoms with E-state index in [4.69, 9.17) is 4.98 Å². The molecule has 0 atom stereocenters. The lowest BCUT2D eigenvalue weighted by Crippen LogP contribution is -2.49. The maximum Gasteiger partial charge on any atom is 0.253 e. The molecule has 28 heavy (non-hydrogen) atoms. The molecular formula is C22H22N4OS. The molecular weight excluding hydrogens is 368 g/mol. The molecule has 5 rings (SSSR count). The molecule has 0 radical (unpaired) electrons. The first-order valence-corrected chi connectivity index (χ1v) is 10.7. The van der Waals surface area contributed by atoms with Gasteiger partial charge in [-0.3, -0.25) is 4.79 Å². The summed E-state index contributed by atoms with van der Waals surface area (Å²) >= 11 is 1.75. The Morgan fingerprint density at radius 3 is 2.46 bits per heavy atom. The van der Waals surface area contributed by atoms with E-state index in [2.05, 4.69) is 15.3 Å². The van der Waals surface area contributed by atoms with Crippen molar-refractivity contribution < 1.29 is 4.79 Å². The van der Waals surface area contributed by atoms with Gasteiger partial charge in [-0.25, -0.2) is 9.97 Å². The minimum atomic E-state index is 0.101. The Bertz CT molecular complexity index is 958. The van der Waals surface area contributed by atoms with Gasteiger partial charge in [0.15, 0.2) is 0 Å². The maximum atomic E-state index is 12.9. The van der Waals surface area contributed by atoms with Crippen LogP contribution in [0, 0.1) is 0 Å². The van der Waals surface area contributed by atoms with Crippen molar-refractivity contribution in [1.82, 2.24) is 14.9 Å². The average molecular weight is 391 g/mol. The predicted octanol–water partition coefficient (Wildman–Crippen LogP) is 4.04. The number of carbonyl (C=O) groups is 1. The Labute approximate surface area is 168 Å². The summed E-state index contributed by atoms with van der Waals surface area (Å²) in [5, 5.41) is 3.38. The molecule has 1 aliphatic heterocycles. The number of nitrogens with zero attached hydrogens (tertiary/aromatic N) is 4. The maximum absolute atomic E-state index is 12.9. The van der Waals surface area contributed by atoms with Gasteiger partial charge in [-0.2, -0.15) is 0 Å². The highest BCUT2D eigenvalue weighted by atomic mass is 32.1. The first kappa shape index (κ1) is 17.4. The van der Waals surface area contributed by atoms with Crippen molar-refractivity contribution in [2.75, 3.05) is 31.1 Å². The van der Waals surface area contributed by atoms with Gasteiger partial charge in [0.1, 0.15) is 5.82 Å². The van der Waals surface area contributed by atoms with Crippen LogP contribution in [0.3, 0.4) is 0 Å². The third-order valence-corrected chi connectivity index (χ3v) is 6.42. The fourth-order valence-corrected chi connectivity index (χ4v) is 4.58. The summed E-state index contributed by atoms with van der Waals surface area (Å²) in [7, 11) is 0. The van der Waals surface area contributed by atoms with Crippen molar-refractivity contribution in [3.8, 4) is 11.3 Å². The van der Waals surface area contributed by atoms with E-state index in [0.717, 1.165) is 35.7 Å². The molecule has 142 valence electrons. The molecule has 3 aromatic rings. The van der Waals surface area contributed by atoms with Crippen LogP contribution in [0.2, 0.25) is 0 Å². The second-order valence-electron chi connectivity index (χ2n) is 7.39. The first-order valence-electron chi connectivity index (χ1n) is 9.79. The Balaban J connectivity index is 1.23. The van der Waals surface area contributed by atoms with Crippen molar-refractivity contribution in [1.29, 1.82) is 0 Å². The third kappa shape index (κ3) is 3.52. The number of carbonyl (C=O) groups excluding carboxylic acids is 1. The van der Waals surface area contributed by atoms with E-state index in [1.807, 2.05) is 53.6 Å². The van der Waals surface area contributed by atoms with Crippen LogP contribution in [0.4, 0.5) is 5.82 Å². The SMILES string of the molecule is O=C(c1ccc(-c2csc(C3CC3)n2)cc1)N1CCN(c2ccccn2)CC1. The highest BCUT2D eigenvalue weighted by molar-refractivity contribution is 7.10. The number of benzene rings is 1. The molecule has 2 fully saturated rings. The topological polar surface area (TPSA) is 49.3 Å². The van der Waals surface area contributed by atoms with Crippen molar-refractivity contribution in [2.24, 2.45) is 0 Å². The van der Waals surface area contributed by atoms with Crippen molar-refractivity contribution >= 4 is 23.1 Å². The quantitative estimate of drug-likeness (QED) is 0.674. The zero-order chi connectivity index (χ0) is 18.9. The smallest absolute Gasteiger partial charge is 0.253 e. The van der Waals surface area contributed by atoms with Crippen molar-refractivity contribution in [2.45, 2.75) is 18.8 Å². The van der Waals surface area contributed by atoms with Crippen LogP contribution in [0.5, 0.6) is 0 Å². The largest absolute Gasteiger partial charge is 0.353 e. The van der Waals surface area contributed by atoms with E-state index >= 15 is 0 Å². The van der Waals surface area contributed by atoms with E-state index in [-0.39, 0.29) is 5.91 Å². The Hall–Kier alpha value is -2.73. The zero-order valence-corrected chi connectivity index (χ0v) is 16.4. The van der Waals surface area contributed by atoms with E-state index in [0.29, 0.717) is 19.0 Å². The summed E-state index contributed by atoms with van der Waals surface area (Å²) in [5.41, 5.74) is 2.85. The minimum Gasteiger partial charge on any atom is -0.353 e. The van der Waals surface area contributed by atoms with E-state index in [1.165, 1.54) is 17.8 Å². The summed E-state index contributed by atoms with van der Waals surface area (Å²) in [4.78, 5) is 26.2. The van der Waals surface area contributed by atoms with Gasteiger partial charge < -0.3 is 9.80 Å². The number of pyridine rings is 1. The number of thiazole rings is 1. The Kier molecular flexibility index (Phi) is 4.56. The fraction of sp³-hybridized carbons (Fsp3) is 0.318. The molecule has 6 heteroatoms. The molecule has 5 nitrogen and oxygen atoms in total. The molecule has 1 saturated carbocycles. The molecule has 0 spiro atoms. The Morgan fingerprint density at radius 1 is 1.00 bits per heavy atom. The zero-order valence-electron chi connectivity index (χ0n) is 15.6. The van der Waals surface area contributed by atoms with Crippen LogP contribution in [0.1, 0.15) is 34.1 Å². The molecule has 0 N–H and O–H groups in total. The lowest BCUT2D eigenvalue weighted by Gasteiger charge is -2.35. The van der Waals surface area contributed by atoms with Gasteiger partial charge in [0.25, 0.3) is 5.91 Å². The minimum absolute atomic E-state index is 0.101. The van der Waals surface area contributed by atoms with Crippen molar-refractivity contribution in [3.63, 3.8) is 0 Å². The third-order valence-electron chi connectivity index (χ3n) is 5.42. The van der Waals surface area contributed by atoms with Gasteiger partial charge in [-0.05, 0) is 37.1 Å². The van der Waals surface area contributed by atoms with Crippen LogP contribution in [0.25, 0.3) is 11.3 Å². The van der Waals surface area contributed by atoms with Crippen LogP contribution < -0.4 is 4.90 Å². The molecule has 1 aliphatic carbocycles. The second kappa shape index (κ2) is 7.36. The molecule has 2 aromatic heterocycles. The highest BCUT2D eigenvalue weighted by Gasteiger charge is 2.27. The number of aromatic nitrogens is 2. The number of anilines is 1. The fourth-order valence-electron chi connectivity index (χ4n) is 3.58. The van der Waals surface area contributed by atoms with Gasteiger partial charge in [0.2, 0.25) is 0 Å². The summed E-state index contributed by atoms with van der Waals surface area (Å²) in [5.74, 6) is 1.77. The molecule has 1 aromatic carbocycles. The van der Waals surface area contributed by atoms with E-state index in [9.17, 15) is 4.79 Å². The lowest BCUT2D eigenvalue weighted by molar-refractivity contribution is 0.0746. The lowest BCUT2D eigenvalue weighted by atomic mass is 10.1. The van der Waals surface area contributed by atoms with Gasteiger partial charge in [0, 0.05) is 54.8 Å². The molecule has 1 saturated heterocycles. The number of rotatable bonds is 4. The van der Waals surface area contributed by atoms with Gasteiger partial charge in [0.05, 0.1) is 10.7 Å². The Morgan fingerprint density at radius 2 is 1.79 bits per heavy atom. The van der Waals surface area contributed by atoms with E-state index < -0.39 is 0 Å². The second-order valence-corrected chi connectivity index (χ2v) is 8.28. The molecule has 1 amide bonds. The van der Waals surface area contributed by atoms with Gasteiger partial charge in [-0.1, -0.05) is 18.2 Å². The first-order chi connectivity index (χ1) is 13.8. The molecule has 2 aliphatic rings. The van der Waals surface area contributed by atoms with Crippen LogP contribution in [-0.4, -0.2) is 47.0 Å². The average Bonchev–Trinajstić information content (AvgIpc) is 3.51. The summed E-state index contributed by atoms with van der Waals surface area (Å²) < 4.78 is 0. The van der Waals surface area contributed by atoms with Crippen LogP contribution in [0.15, 0.2) is 54.0 Å². The predicted molar refractivity (Wildman–Crippen MR) is 112 cm³/mol. The summed E-state index contributed by atoms with van der Waals surface area (Å²) in [6.45, 7) is 3.05. The van der Waals surface area contributed by atoms with Gasteiger partial charge in [-0.15, -0.1) is 11.3 Å². The standard InChI is InChI=1S/C22H22N4OS/c27-22(26-13-11-25(12-14-26)20-3-1-2-10-23-20)18-8-4-16(5-9-18)19-15-28-21(24-19)17-6-7-17/h1-5,8-10,15,17H,6-7,11-14H2. The monoisotopic (exact) mass is 390 g/mol. The van der Waals surface area contributed by atoms with E-state index in [1.54, 1.807) is 11.3 Å². The number of amides is 1. The summed E-state index contributed by atoms with van der Waals surface area (Å²) in [6, 6.07) is 13.8. The van der Waals surface area contributed by atoms with Crippen molar-refractivity contribution in [3.05, 3.63) is 64.6 Å². The number of hydrogen-bond acceptors (Lipinski definition) is 5. The number of hydrogen-bond donors (Lipinski definition) is 0. The normalized spacial score (nSPS) is 17.0. The highest BCUT2D eigenvalue weighted by Crippen LogP contribution is 2.42. The van der Waals surface area contributed by atoms with Gasteiger partial charge >= 0.3 is 0 Å². The summed E-state index contributed by atoms with van der Waals surface area (Å²) in [6.07, 6.45) is 4.35. The molecule has 0 bridgehead atoms.